The number of nitrogens with zero attached hydrogens (tertiary/aromatic N) is 1. The molecule has 1 unspecified atom stereocenters. The van der Waals surface area contributed by atoms with Gasteiger partial charge in [0, 0.05) is 17.5 Å². The molecule has 12 heteroatoms. The van der Waals surface area contributed by atoms with Gasteiger partial charge in [-0.15, -0.1) is 11.8 Å². The second kappa shape index (κ2) is 11.0. The Hall–Kier alpha value is -2.96. The number of aliphatic imine (C=N–C) groups is 1. The maximum absolute atomic E-state index is 12.7. The third-order valence-corrected chi connectivity index (χ3v) is 7.63. The zero-order valence-electron chi connectivity index (χ0n) is 18.6. The summed E-state index contributed by atoms with van der Waals surface area (Å²) in [5, 5.41) is 34.0. The smallest absolute Gasteiger partial charge is 0.350 e. The van der Waals surface area contributed by atoms with Crippen molar-refractivity contribution < 1.29 is 39.2 Å². The number of rotatable bonds is 10. The molecular weight excluding hydrogens is 466 g/mol. The minimum Gasteiger partial charge on any atom is -0.478 e. The Morgan fingerprint density at radius 3 is 2.65 bits per heavy atom. The van der Waals surface area contributed by atoms with E-state index in [-0.39, 0.29) is 34.8 Å². The molecule has 2 heterocycles. The Morgan fingerprint density at radius 2 is 2.03 bits per heavy atom. The molecule has 0 spiro atoms. The lowest BCUT2D eigenvalue weighted by Crippen LogP contribution is -2.41. The molecule has 0 aromatic heterocycles. The molecule has 11 nitrogen and oxygen atoms in total. The number of carbonyl (C=O) groups excluding carboxylic acids is 2. The van der Waals surface area contributed by atoms with Gasteiger partial charge in [0.2, 0.25) is 5.91 Å². The molecule has 0 aliphatic carbocycles. The topological polar surface area (TPSA) is 175 Å². The summed E-state index contributed by atoms with van der Waals surface area (Å²) >= 11 is 1.39. The highest BCUT2D eigenvalue weighted by atomic mass is 32.2. The van der Waals surface area contributed by atoms with Crippen LogP contribution in [-0.4, -0.2) is 86.7 Å². The molecular formula is C22H27N3O8S. The lowest BCUT2D eigenvalue weighted by atomic mass is 9.93. The second-order valence-electron chi connectivity index (χ2n) is 8.36. The fraction of sp³-hybridized carbons (Fsp3) is 0.500. The Labute approximate surface area is 200 Å². The average molecular weight is 494 g/mol. The number of carbonyl (C=O) groups is 4. The summed E-state index contributed by atoms with van der Waals surface area (Å²) in [6, 6.07) is 4.70. The van der Waals surface area contributed by atoms with Crippen LogP contribution in [0.25, 0.3) is 0 Å². The number of nitrogens with one attached hydrogen (secondary N) is 2. The summed E-state index contributed by atoms with van der Waals surface area (Å²) in [6.45, 7) is 3.93. The van der Waals surface area contributed by atoms with Gasteiger partial charge in [-0.1, -0.05) is 13.0 Å². The maximum atomic E-state index is 12.7. The van der Waals surface area contributed by atoms with E-state index in [1.165, 1.54) is 30.8 Å². The van der Waals surface area contributed by atoms with Crippen molar-refractivity contribution in [2.75, 3.05) is 11.9 Å². The highest BCUT2D eigenvalue weighted by Crippen LogP contribution is 2.38. The van der Waals surface area contributed by atoms with Gasteiger partial charge >= 0.3 is 11.9 Å². The van der Waals surface area contributed by atoms with Crippen LogP contribution in [0, 0.1) is 5.92 Å². The third kappa shape index (κ3) is 5.75. The first kappa shape index (κ1) is 25.7. The molecule has 1 fully saturated rings. The Bertz CT molecular complexity index is 985. The number of hydrogen-bond donors (Lipinski definition) is 5. The van der Waals surface area contributed by atoms with E-state index >= 15 is 0 Å². The molecule has 0 bridgehead atoms. The zero-order chi connectivity index (χ0) is 25.0. The molecule has 1 aromatic rings. The van der Waals surface area contributed by atoms with E-state index in [1.54, 1.807) is 19.1 Å². The fourth-order valence-corrected chi connectivity index (χ4v) is 5.84. The van der Waals surface area contributed by atoms with Gasteiger partial charge < -0.3 is 30.7 Å². The maximum Gasteiger partial charge on any atom is 0.350 e. The molecule has 5 N–H and O–H groups in total. The summed E-state index contributed by atoms with van der Waals surface area (Å²) in [6.07, 6.45) is -1.56. The van der Waals surface area contributed by atoms with Crippen LogP contribution < -0.4 is 10.6 Å². The standard InChI is InChI=1S/C22H27N3O8S/c1-10-16(18(11(2)27)33-9-26)25-17(22(31)32)19(10)34-14-7-15(23-8-14)20(28)24-13-5-3-4-12(6-13)21(29)30/h3-6,9-11,14-16,18-19,23,27H,7-8H2,1-2H3,(H,24,28)(H,29,30)(H,31,32)/t10-,11-,14+,15+,16-,18-,19?/m1/s1. The summed E-state index contributed by atoms with van der Waals surface area (Å²) in [4.78, 5) is 50.8. The van der Waals surface area contributed by atoms with Crippen molar-refractivity contribution in [2.24, 2.45) is 10.9 Å². The van der Waals surface area contributed by atoms with E-state index in [9.17, 15) is 29.4 Å². The summed E-state index contributed by atoms with van der Waals surface area (Å²) in [7, 11) is 0. The molecule has 184 valence electrons. The molecule has 3 rings (SSSR count). The number of aliphatic carboxylic acids is 1. The van der Waals surface area contributed by atoms with Crippen LogP contribution in [0.4, 0.5) is 5.69 Å². The molecule has 34 heavy (non-hydrogen) atoms. The van der Waals surface area contributed by atoms with E-state index in [0.717, 1.165) is 0 Å². The first-order valence-electron chi connectivity index (χ1n) is 10.7. The number of thioether (sulfide) groups is 1. The number of anilines is 1. The van der Waals surface area contributed by atoms with Crippen LogP contribution in [-0.2, 0) is 19.1 Å². The average Bonchev–Trinajstić information content (AvgIpc) is 3.38. The highest BCUT2D eigenvalue weighted by molar-refractivity contribution is 8.01. The molecule has 2 aliphatic heterocycles. The molecule has 1 aromatic carbocycles. The van der Waals surface area contributed by atoms with Gasteiger partial charge in [-0.05, 0) is 37.5 Å². The first-order chi connectivity index (χ1) is 16.1. The number of aliphatic hydroxyl groups is 1. The predicted octanol–water partition coefficient (Wildman–Crippen LogP) is 0.622. The van der Waals surface area contributed by atoms with Crippen LogP contribution in [0.3, 0.4) is 0 Å². The van der Waals surface area contributed by atoms with Gasteiger partial charge in [-0.3, -0.25) is 14.6 Å². The summed E-state index contributed by atoms with van der Waals surface area (Å²) in [5.74, 6) is -2.92. The lowest BCUT2D eigenvalue weighted by Gasteiger charge is -2.28. The van der Waals surface area contributed by atoms with Gasteiger partial charge in [-0.25, -0.2) is 9.59 Å². The van der Waals surface area contributed by atoms with Gasteiger partial charge in [-0.2, -0.15) is 0 Å². The largest absolute Gasteiger partial charge is 0.478 e. The van der Waals surface area contributed by atoms with Crippen molar-refractivity contribution in [3.63, 3.8) is 0 Å². The van der Waals surface area contributed by atoms with Crippen molar-refractivity contribution >= 4 is 47.5 Å². The molecule has 1 amide bonds. The van der Waals surface area contributed by atoms with Crippen LogP contribution in [0.2, 0.25) is 0 Å². The van der Waals surface area contributed by atoms with Crippen molar-refractivity contribution in [3.8, 4) is 0 Å². The predicted molar refractivity (Wildman–Crippen MR) is 124 cm³/mol. The summed E-state index contributed by atoms with van der Waals surface area (Å²) in [5.41, 5.74) is 0.376. The number of ether oxygens (including phenoxy) is 1. The SMILES string of the molecule is C[C@@H](O)[C@@H](OC=O)[C@@H]1N=C(C(=O)O)C(S[C@@H]2CN[C@H](C(=O)Nc3cccc(C(=O)O)c3)C2)[C@@H]1C. The van der Waals surface area contributed by atoms with Crippen molar-refractivity contribution in [3.05, 3.63) is 29.8 Å². The zero-order valence-corrected chi connectivity index (χ0v) is 19.4. The quantitative estimate of drug-likeness (QED) is 0.291. The lowest BCUT2D eigenvalue weighted by molar-refractivity contribution is -0.141. The molecule has 2 aliphatic rings. The van der Waals surface area contributed by atoms with Crippen molar-refractivity contribution in [1.82, 2.24) is 5.32 Å². The number of amides is 1. The monoisotopic (exact) mass is 493 g/mol. The van der Waals surface area contributed by atoms with Crippen molar-refractivity contribution in [1.29, 1.82) is 0 Å². The van der Waals surface area contributed by atoms with Crippen LogP contribution in [0.5, 0.6) is 0 Å². The van der Waals surface area contributed by atoms with Gasteiger partial charge in [0.05, 0.1) is 29.0 Å². The van der Waals surface area contributed by atoms with Crippen LogP contribution in [0.15, 0.2) is 29.3 Å². The minimum absolute atomic E-state index is 0.0546. The molecule has 0 radical (unpaired) electrons. The molecule has 7 atom stereocenters. The fourth-order valence-electron chi connectivity index (χ4n) is 4.23. The number of carboxylic acid groups (broad SMARTS) is 2. The first-order valence-corrected chi connectivity index (χ1v) is 11.7. The van der Waals surface area contributed by atoms with E-state index < -0.39 is 41.5 Å². The number of benzene rings is 1. The minimum atomic E-state index is -1.18. The molecule has 0 saturated carbocycles. The van der Waals surface area contributed by atoms with Crippen LogP contribution >= 0.6 is 11.8 Å². The van der Waals surface area contributed by atoms with E-state index in [2.05, 4.69) is 15.6 Å². The van der Waals surface area contributed by atoms with E-state index in [1.807, 2.05) is 0 Å². The van der Waals surface area contributed by atoms with Crippen molar-refractivity contribution in [2.45, 2.75) is 55.1 Å². The second-order valence-corrected chi connectivity index (χ2v) is 9.80. The Morgan fingerprint density at radius 1 is 1.29 bits per heavy atom. The van der Waals surface area contributed by atoms with E-state index in [4.69, 9.17) is 9.84 Å². The Balaban J connectivity index is 1.64. The third-order valence-electron chi connectivity index (χ3n) is 5.94. The Kier molecular flexibility index (Phi) is 8.28. The normalized spacial score (nSPS) is 28.0. The van der Waals surface area contributed by atoms with Gasteiger partial charge in [0.25, 0.3) is 6.47 Å². The summed E-state index contributed by atoms with van der Waals surface area (Å²) < 4.78 is 4.99. The number of carboxylic acids is 2. The number of hydrogen-bond acceptors (Lipinski definition) is 9. The van der Waals surface area contributed by atoms with Crippen LogP contribution in [0.1, 0.15) is 30.6 Å². The van der Waals surface area contributed by atoms with Gasteiger partial charge in [0.15, 0.2) is 0 Å². The van der Waals surface area contributed by atoms with E-state index in [0.29, 0.717) is 18.7 Å². The highest BCUT2D eigenvalue weighted by Gasteiger charge is 2.46. The van der Waals surface area contributed by atoms with Gasteiger partial charge in [0.1, 0.15) is 11.8 Å². The molecule has 1 saturated heterocycles. The number of aliphatic hydroxyl groups excluding tert-OH is 1. The number of aromatic carboxylic acids is 1.